The fraction of sp³-hybridized carbons (Fsp3) is 0.500. The molecule has 12 heavy (non-hydrogen) atoms. The predicted octanol–water partition coefficient (Wildman–Crippen LogP) is -0.210. The molecule has 0 bridgehead atoms. The van der Waals surface area contributed by atoms with Gasteiger partial charge < -0.3 is 5.32 Å². The van der Waals surface area contributed by atoms with Crippen molar-refractivity contribution in [1.29, 1.82) is 5.26 Å². The first-order chi connectivity index (χ1) is 5.74. The number of nitrogens with one attached hydrogen (secondary N) is 2. The third-order valence-corrected chi connectivity index (χ3v) is 1.33. The molecule has 0 aromatic carbocycles. The number of rotatable bonds is 5. The Balaban J connectivity index is 3.76. The van der Waals surface area contributed by atoms with Crippen LogP contribution in [0.2, 0.25) is 0 Å². The maximum absolute atomic E-state index is 10.8. The standard InChI is InChI=1S/C8H13N3O/c1-3-4-11-7(6-9)5-8(12)10-2/h3,7,11H,1,4-5H2,2H3,(H,10,12). The summed E-state index contributed by atoms with van der Waals surface area (Å²) in [5, 5.41) is 13.9. The van der Waals surface area contributed by atoms with Crippen molar-refractivity contribution in [1.82, 2.24) is 10.6 Å². The van der Waals surface area contributed by atoms with E-state index in [4.69, 9.17) is 5.26 Å². The Bertz CT molecular complexity index is 195. The number of nitrogens with zero attached hydrogens (tertiary/aromatic N) is 1. The van der Waals surface area contributed by atoms with Crippen molar-refractivity contribution in [2.45, 2.75) is 12.5 Å². The average Bonchev–Trinajstić information content (AvgIpc) is 2.11. The van der Waals surface area contributed by atoms with Gasteiger partial charge in [0.25, 0.3) is 0 Å². The van der Waals surface area contributed by atoms with Crippen molar-refractivity contribution in [3.8, 4) is 6.07 Å². The number of carbonyl (C=O) groups is 1. The molecular formula is C8H13N3O. The molecule has 0 radical (unpaired) electrons. The van der Waals surface area contributed by atoms with Gasteiger partial charge in [-0.05, 0) is 0 Å². The maximum Gasteiger partial charge on any atom is 0.222 e. The summed E-state index contributed by atoms with van der Waals surface area (Å²) in [6, 6.07) is 1.55. The molecular weight excluding hydrogens is 154 g/mol. The van der Waals surface area contributed by atoms with Crippen LogP contribution in [0, 0.1) is 11.3 Å². The highest BCUT2D eigenvalue weighted by Crippen LogP contribution is 1.89. The third-order valence-electron chi connectivity index (χ3n) is 1.33. The second kappa shape index (κ2) is 6.38. The molecule has 0 aliphatic rings. The first-order valence-electron chi connectivity index (χ1n) is 3.69. The number of carbonyl (C=O) groups excluding carboxylic acids is 1. The summed E-state index contributed by atoms with van der Waals surface area (Å²) in [6.07, 6.45) is 1.83. The highest BCUT2D eigenvalue weighted by atomic mass is 16.1. The van der Waals surface area contributed by atoms with Crippen molar-refractivity contribution in [3.05, 3.63) is 12.7 Å². The Morgan fingerprint density at radius 1 is 1.83 bits per heavy atom. The zero-order valence-electron chi connectivity index (χ0n) is 7.13. The third kappa shape index (κ3) is 4.47. The molecule has 0 aromatic heterocycles. The Morgan fingerprint density at radius 3 is 2.92 bits per heavy atom. The van der Waals surface area contributed by atoms with Crippen molar-refractivity contribution in [2.75, 3.05) is 13.6 Å². The fourth-order valence-electron chi connectivity index (χ4n) is 0.677. The van der Waals surface area contributed by atoms with Gasteiger partial charge in [-0.3, -0.25) is 10.1 Å². The molecule has 1 amide bonds. The van der Waals surface area contributed by atoms with Crippen molar-refractivity contribution in [2.24, 2.45) is 0 Å². The van der Waals surface area contributed by atoms with Crippen LogP contribution in [0.3, 0.4) is 0 Å². The predicted molar refractivity (Wildman–Crippen MR) is 46.3 cm³/mol. The van der Waals surface area contributed by atoms with Crippen molar-refractivity contribution >= 4 is 5.91 Å². The second-order valence-electron chi connectivity index (χ2n) is 2.26. The van der Waals surface area contributed by atoms with Crippen LogP contribution in [0.4, 0.5) is 0 Å². The lowest BCUT2D eigenvalue weighted by Crippen LogP contribution is -2.33. The highest BCUT2D eigenvalue weighted by molar-refractivity contribution is 5.76. The van der Waals surface area contributed by atoms with E-state index < -0.39 is 6.04 Å². The van der Waals surface area contributed by atoms with E-state index in [1.165, 1.54) is 0 Å². The largest absolute Gasteiger partial charge is 0.359 e. The normalized spacial score (nSPS) is 11.3. The van der Waals surface area contributed by atoms with Gasteiger partial charge in [0.2, 0.25) is 5.91 Å². The van der Waals surface area contributed by atoms with Crippen molar-refractivity contribution in [3.63, 3.8) is 0 Å². The molecule has 0 saturated heterocycles. The van der Waals surface area contributed by atoms with E-state index in [0.717, 1.165) is 0 Å². The van der Waals surface area contributed by atoms with Crippen LogP contribution < -0.4 is 10.6 Å². The van der Waals surface area contributed by atoms with Crippen LogP contribution in [-0.4, -0.2) is 25.5 Å². The minimum absolute atomic E-state index is 0.141. The van der Waals surface area contributed by atoms with Crippen LogP contribution >= 0.6 is 0 Å². The number of hydrogen-bond acceptors (Lipinski definition) is 3. The van der Waals surface area contributed by atoms with Gasteiger partial charge in [0.05, 0.1) is 12.5 Å². The minimum Gasteiger partial charge on any atom is -0.359 e. The van der Waals surface area contributed by atoms with Crippen molar-refractivity contribution < 1.29 is 4.79 Å². The van der Waals surface area contributed by atoms with E-state index in [2.05, 4.69) is 17.2 Å². The van der Waals surface area contributed by atoms with E-state index >= 15 is 0 Å². The molecule has 0 fully saturated rings. The van der Waals surface area contributed by atoms with Gasteiger partial charge in [-0.15, -0.1) is 6.58 Å². The summed E-state index contributed by atoms with van der Waals surface area (Å²) in [7, 11) is 1.55. The minimum atomic E-state index is -0.428. The Kier molecular flexibility index (Phi) is 5.66. The molecule has 4 nitrogen and oxygen atoms in total. The molecule has 1 unspecified atom stereocenters. The Morgan fingerprint density at radius 2 is 2.50 bits per heavy atom. The maximum atomic E-state index is 10.8. The van der Waals surface area contributed by atoms with E-state index in [9.17, 15) is 4.79 Å². The molecule has 2 N–H and O–H groups in total. The van der Waals surface area contributed by atoms with Gasteiger partial charge in [0.1, 0.15) is 6.04 Å². The zero-order valence-corrected chi connectivity index (χ0v) is 7.13. The van der Waals surface area contributed by atoms with Crippen LogP contribution in [0.1, 0.15) is 6.42 Å². The lowest BCUT2D eigenvalue weighted by Gasteiger charge is -2.07. The Hall–Kier alpha value is -1.34. The summed E-state index contributed by atoms with van der Waals surface area (Å²) >= 11 is 0. The molecule has 1 atom stereocenters. The smallest absolute Gasteiger partial charge is 0.222 e. The molecule has 0 rings (SSSR count). The average molecular weight is 167 g/mol. The van der Waals surface area contributed by atoms with Gasteiger partial charge in [0, 0.05) is 13.6 Å². The van der Waals surface area contributed by atoms with Gasteiger partial charge in [0.15, 0.2) is 0 Å². The van der Waals surface area contributed by atoms with E-state index in [1.807, 2.05) is 6.07 Å². The SMILES string of the molecule is C=CCNC(C#N)CC(=O)NC. The molecule has 4 heteroatoms. The van der Waals surface area contributed by atoms with Crippen LogP contribution in [-0.2, 0) is 4.79 Å². The van der Waals surface area contributed by atoms with Gasteiger partial charge in [-0.25, -0.2) is 0 Å². The van der Waals surface area contributed by atoms with Crippen LogP contribution in [0.5, 0.6) is 0 Å². The highest BCUT2D eigenvalue weighted by Gasteiger charge is 2.09. The van der Waals surface area contributed by atoms with Crippen LogP contribution in [0.25, 0.3) is 0 Å². The van der Waals surface area contributed by atoms with E-state index in [0.29, 0.717) is 6.54 Å². The summed E-state index contributed by atoms with van der Waals surface area (Å²) in [4.78, 5) is 10.8. The number of hydrogen-bond donors (Lipinski definition) is 2. The lowest BCUT2D eigenvalue weighted by atomic mass is 10.2. The number of nitriles is 1. The summed E-state index contributed by atoms with van der Waals surface area (Å²) in [5.74, 6) is -0.141. The van der Waals surface area contributed by atoms with Crippen LogP contribution in [0.15, 0.2) is 12.7 Å². The Labute approximate surface area is 72.3 Å². The topological polar surface area (TPSA) is 64.9 Å². The zero-order chi connectivity index (χ0) is 9.40. The molecule has 0 heterocycles. The monoisotopic (exact) mass is 167 g/mol. The molecule has 0 spiro atoms. The van der Waals surface area contributed by atoms with Gasteiger partial charge in [-0.1, -0.05) is 6.08 Å². The fourth-order valence-corrected chi connectivity index (χ4v) is 0.677. The molecule has 66 valence electrons. The van der Waals surface area contributed by atoms with Gasteiger partial charge in [-0.2, -0.15) is 5.26 Å². The molecule has 0 saturated carbocycles. The molecule has 0 aliphatic carbocycles. The number of amides is 1. The first kappa shape index (κ1) is 10.7. The van der Waals surface area contributed by atoms with E-state index in [1.54, 1.807) is 13.1 Å². The first-order valence-corrected chi connectivity index (χ1v) is 3.69. The lowest BCUT2D eigenvalue weighted by molar-refractivity contribution is -0.120. The summed E-state index contributed by atoms with van der Waals surface area (Å²) in [5.41, 5.74) is 0. The molecule has 0 aromatic rings. The second-order valence-corrected chi connectivity index (χ2v) is 2.26. The summed E-state index contributed by atoms with van der Waals surface area (Å²) < 4.78 is 0. The van der Waals surface area contributed by atoms with E-state index in [-0.39, 0.29) is 12.3 Å². The molecule has 0 aliphatic heterocycles. The summed E-state index contributed by atoms with van der Waals surface area (Å²) in [6.45, 7) is 4.03. The quantitative estimate of drug-likeness (QED) is 0.557. The van der Waals surface area contributed by atoms with Gasteiger partial charge >= 0.3 is 0 Å².